The lowest BCUT2D eigenvalue weighted by molar-refractivity contribution is -0.0175. The van der Waals surface area contributed by atoms with E-state index in [9.17, 15) is 23.1 Å². The lowest BCUT2D eigenvalue weighted by Crippen LogP contribution is -2.55. The number of hydrogen-bond donors (Lipinski definition) is 3. The predicted molar refractivity (Wildman–Crippen MR) is 126 cm³/mol. The molecule has 1 aliphatic heterocycles. The summed E-state index contributed by atoms with van der Waals surface area (Å²) in [5, 5.41) is 16.6. The van der Waals surface area contributed by atoms with E-state index >= 15 is 0 Å². The third-order valence-corrected chi connectivity index (χ3v) is 7.50. The minimum Gasteiger partial charge on any atom is -0.507 e. The fourth-order valence-corrected chi connectivity index (χ4v) is 5.18. The smallest absolute Gasteiger partial charge is 0.304 e. The van der Waals surface area contributed by atoms with Crippen molar-refractivity contribution in [3.63, 3.8) is 0 Å². The van der Waals surface area contributed by atoms with Gasteiger partial charge in [-0.1, -0.05) is 33.8 Å². The number of thiophene rings is 1. The summed E-state index contributed by atoms with van der Waals surface area (Å²) in [6.45, 7) is 7.74. The molecule has 33 heavy (non-hydrogen) atoms. The highest BCUT2D eigenvalue weighted by molar-refractivity contribution is 7.87. The number of nitrogens with one attached hydrogen (secondary N) is 2. The van der Waals surface area contributed by atoms with Crippen LogP contribution in [0.4, 0.5) is 0 Å². The SMILES string of the molecule is CC(C)c1cc(C(=O)NC2CN(S(=O)(=O)NC(=O)c3ccsc3)CCO2)c(O)c(C(C)C)c1. The number of hydrogen-bond acceptors (Lipinski definition) is 7. The highest BCUT2D eigenvalue weighted by Gasteiger charge is 2.32. The number of aromatic hydroxyl groups is 1. The monoisotopic (exact) mass is 495 g/mol. The van der Waals surface area contributed by atoms with Crippen molar-refractivity contribution in [3.05, 3.63) is 51.2 Å². The van der Waals surface area contributed by atoms with E-state index in [2.05, 4.69) is 5.32 Å². The maximum Gasteiger partial charge on any atom is 0.304 e. The Labute approximate surface area is 197 Å². The summed E-state index contributed by atoms with van der Waals surface area (Å²) in [4.78, 5) is 25.2. The number of phenols is 1. The summed E-state index contributed by atoms with van der Waals surface area (Å²) >= 11 is 1.28. The summed E-state index contributed by atoms with van der Waals surface area (Å²) in [6, 6.07) is 5.06. The van der Waals surface area contributed by atoms with Crippen molar-refractivity contribution in [2.75, 3.05) is 19.7 Å². The second-order valence-corrected chi connectivity index (χ2v) is 10.9. The molecule has 1 atom stereocenters. The van der Waals surface area contributed by atoms with Crippen LogP contribution >= 0.6 is 11.3 Å². The molecular formula is C22H29N3O6S2. The summed E-state index contributed by atoms with van der Waals surface area (Å²) in [6.07, 6.45) is -0.941. The van der Waals surface area contributed by atoms with Crippen molar-refractivity contribution in [2.45, 2.75) is 45.8 Å². The highest BCUT2D eigenvalue weighted by atomic mass is 32.2. The molecule has 3 N–H and O–H groups in total. The molecule has 1 aromatic carbocycles. The zero-order valence-corrected chi connectivity index (χ0v) is 20.6. The van der Waals surface area contributed by atoms with Crippen molar-refractivity contribution in [2.24, 2.45) is 0 Å². The van der Waals surface area contributed by atoms with E-state index in [0.717, 1.165) is 9.87 Å². The van der Waals surface area contributed by atoms with Crippen LogP contribution in [0.15, 0.2) is 29.0 Å². The Balaban J connectivity index is 1.74. The number of phenolic OH excluding ortho intramolecular Hbond substituents is 1. The van der Waals surface area contributed by atoms with Crippen LogP contribution in [-0.2, 0) is 14.9 Å². The van der Waals surface area contributed by atoms with Gasteiger partial charge in [-0.15, -0.1) is 0 Å². The van der Waals surface area contributed by atoms with Gasteiger partial charge in [-0.05, 0) is 40.5 Å². The van der Waals surface area contributed by atoms with Gasteiger partial charge in [0.25, 0.3) is 11.8 Å². The number of morpholine rings is 1. The maximum atomic E-state index is 13.0. The maximum absolute atomic E-state index is 13.0. The number of ether oxygens (including phenoxy) is 1. The fourth-order valence-electron chi connectivity index (χ4n) is 3.42. The van der Waals surface area contributed by atoms with Crippen LogP contribution in [0.5, 0.6) is 5.75 Å². The molecule has 0 aliphatic carbocycles. The fraction of sp³-hybridized carbons (Fsp3) is 0.455. The van der Waals surface area contributed by atoms with Crippen LogP contribution in [-0.4, -0.2) is 55.6 Å². The van der Waals surface area contributed by atoms with E-state index in [1.165, 1.54) is 17.4 Å². The average Bonchev–Trinajstić information content (AvgIpc) is 3.28. The summed E-state index contributed by atoms with van der Waals surface area (Å²) < 4.78 is 34.0. The molecule has 2 aromatic rings. The van der Waals surface area contributed by atoms with Gasteiger partial charge in [0.2, 0.25) is 0 Å². The van der Waals surface area contributed by atoms with Crippen LogP contribution < -0.4 is 10.0 Å². The number of carbonyl (C=O) groups excluding carboxylic acids is 2. The molecule has 180 valence electrons. The van der Waals surface area contributed by atoms with Crippen LogP contribution in [0.2, 0.25) is 0 Å². The van der Waals surface area contributed by atoms with E-state index in [0.29, 0.717) is 5.56 Å². The van der Waals surface area contributed by atoms with E-state index in [4.69, 9.17) is 4.74 Å². The standard InChI is InChI=1S/C22H29N3O6S2/c1-13(2)16-9-17(14(3)4)20(26)18(10-16)22(28)23-19-11-25(6-7-31-19)33(29,30)24-21(27)15-5-8-32-12-15/h5,8-10,12-14,19,26H,6-7,11H2,1-4H3,(H,23,28)(H,24,27). The zero-order valence-electron chi connectivity index (χ0n) is 19.0. The lowest BCUT2D eigenvalue weighted by atomic mass is 9.91. The first-order valence-electron chi connectivity index (χ1n) is 10.6. The molecule has 0 radical (unpaired) electrons. The first-order valence-corrected chi connectivity index (χ1v) is 13.0. The highest BCUT2D eigenvalue weighted by Crippen LogP contribution is 2.33. The van der Waals surface area contributed by atoms with Gasteiger partial charge in [0.15, 0.2) is 0 Å². The number of benzene rings is 1. The molecule has 0 bridgehead atoms. The lowest BCUT2D eigenvalue weighted by Gasteiger charge is -2.32. The van der Waals surface area contributed by atoms with Crippen molar-refractivity contribution in [1.82, 2.24) is 14.3 Å². The summed E-state index contributed by atoms with van der Waals surface area (Å²) in [5.74, 6) is -1.24. The average molecular weight is 496 g/mol. The topological polar surface area (TPSA) is 125 Å². The van der Waals surface area contributed by atoms with Crippen LogP contribution in [0, 0.1) is 0 Å². The van der Waals surface area contributed by atoms with Crippen LogP contribution in [0.1, 0.15) is 71.4 Å². The number of nitrogens with zero attached hydrogens (tertiary/aromatic N) is 1. The first kappa shape index (κ1) is 25.2. The van der Waals surface area contributed by atoms with Crippen molar-refractivity contribution < 1.29 is 27.9 Å². The second-order valence-electron chi connectivity index (χ2n) is 8.45. The van der Waals surface area contributed by atoms with E-state index < -0.39 is 28.3 Å². The third-order valence-electron chi connectivity index (χ3n) is 5.36. The van der Waals surface area contributed by atoms with Gasteiger partial charge in [-0.25, -0.2) is 4.72 Å². The van der Waals surface area contributed by atoms with Crippen LogP contribution in [0.3, 0.4) is 0 Å². The van der Waals surface area contributed by atoms with E-state index in [1.54, 1.807) is 16.8 Å². The summed E-state index contributed by atoms with van der Waals surface area (Å²) in [5.41, 5.74) is 1.94. The Bertz CT molecular complexity index is 1110. The molecule has 1 aliphatic rings. The van der Waals surface area contributed by atoms with Gasteiger partial charge < -0.3 is 15.2 Å². The second kappa shape index (κ2) is 10.2. The number of rotatable bonds is 7. The largest absolute Gasteiger partial charge is 0.507 e. The van der Waals surface area contributed by atoms with Gasteiger partial charge in [0.1, 0.15) is 12.0 Å². The van der Waals surface area contributed by atoms with Gasteiger partial charge >= 0.3 is 10.2 Å². The molecule has 0 spiro atoms. The minimum atomic E-state index is -4.13. The van der Waals surface area contributed by atoms with Gasteiger partial charge in [-0.2, -0.15) is 24.1 Å². The molecule has 1 saturated heterocycles. The number of carbonyl (C=O) groups is 2. The predicted octanol–water partition coefficient (Wildman–Crippen LogP) is 2.76. The molecule has 1 unspecified atom stereocenters. The summed E-state index contributed by atoms with van der Waals surface area (Å²) in [7, 11) is -4.13. The van der Waals surface area contributed by atoms with Crippen LogP contribution in [0.25, 0.3) is 0 Å². The molecule has 9 nitrogen and oxygen atoms in total. The Morgan fingerprint density at radius 2 is 1.91 bits per heavy atom. The molecule has 2 heterocycles. The molecule has 1 aromatic heterocycles. The molecular weight excluding hydrogens is 466 g/mol. The molecule has 0 saturated carbocycles. The first-order chi connectivity index (χ1) is 15.5. The van der Waals surface area contributed by atoms with E-state index in [1.807, 2.05) is 38.5 Å². The Morgan fingerprint density at radius 3 is 2.52 bits per heavy atom. The molecule has 1 fully saturated rings. The Hall–Kier alpha value is -2.47. The minimum absolute atomic E-state index is 0.00801. The van der Waals surface area contributed by atoms with Gasteiger partial charge in [0, 0.05) is 11.9 Å². The normalized spacial score (nSPS) is 17.3. The molecule has 11 heteroatoms. The van der Waals surface area contributed by atoms with Crippen molar-refractivity contribution in [3.8, 4) is 5.75 Å². The zero-order chi connectivity index (χ0) is 24.3. The van der Waals surface area contributed by atoms with Gasteiger partial charge in [0.05, 0.1) is 24.3 Å². The Kier molecular flexibility index (Phi) is 7.78. The van der Waals surface area contributed by atoms with Crippen molar-refractivity contribution >= 4 is 33.4 Å². The van der Waals surface area contributed by atoms with Gasteiger partial charge in [-0.3, -0.25) is 9.59 Å². The van der Waals surface area contributed by atoms with E-state index in [-0.39, 0.29) is 48.4 Å². The Morgan fingerprint density at radius 1 is 1.18 bits per heavy atom. The third kappa shape index (κ3) is 5.91. The molecule has 3 rings (SSSR count). The molecule has 2 amide bonds. The van der Waals surface area contributed by atoms with Crippen molar-refractivity contribution in [1.29, 1.82) is 0 Å². The quantitative estimate of drug-likeness (QED) is 0.542. The number of amides is 2.